The number of halogens is 5. The molecule has 1 aliphatic heterocycles. The molecule has 15 heteroatoms. The molecule has 0 N–H and O–H groups in total. The van der Waals surface area contributed by atoms with Crippen molar-refractivity contribution in [3.8, 4) is 17.1 Å². The van der Waals surface area contributed by atoms with E-state index >= 15 is 13.2 Å². The van der Waals surface area contributed by atoms with E-state index in [9.17, 15) is 0 Å². The third kappa shape index (κ3) is 5.10. The van der Waals surface area contributed by atoms with Crippen molar-refractivity contribution in [2.75, 3.05) is 12.9 Å². The summed E-state index contributed by atoms with van der Waals surface area (Å²) in [6.45, 7) is 0.738. The average Bonchev–Trinajstić information content (AvgIpc) is 3.37. The van der Waals surface area contributed by atoms with Gasteiger partial charge in [0.15, 0.2) is 17.0 Å². The highest BCUT2D eigenvalue weighted by Gasteiger charge is 2.50. The fourth-order valence-corrected chi connectivity index (χ4v) is 7.51. The van der Waals surface area contributed by atoms with Gasteiger partial charge in [-0.15, -0.1) is 0 Å². The van der Waals surface area contributed by atoms with E-state index in [-0.39, 0.29) is 58.7 Å². The Morgan fingerprint density at radius 2 is 1.96 bits per heavy atom. The van der Waals surface area contributed by atoms with Gasteiger partial charge in [0.2, 0.25) is 5.88 Å². The molecule has 8 rings (SSSR count). The Bertz CT molecular complexity index is 2170. The molecular formula is C32H28BrClF3N7O2S. The van der Waals surface area contributed by atoms with Crippen LogP contribution in [0.2, 0.25) is 5.02 Å². The second-order valence-electron chi connectivity index (χ2n) is 11.9. The van der Waals surface area contributed by atoms with E-state index < -0.39 is 10.6 Å². The normalized spacial score (nSPS) is 18.1. The topological polar surface area (TPSA) is 84.8 Å². The molecule has 47 heavy (non-hydrogen) atoms. The van der Waals surface area contributed by atoms with Crippen molar-refractivity contribution in [3.05, 3.63) is 58.7 Å². The second kappa shape index (κ2) is 11.4. The van der Waals surface area contributed by atoms with E-state index in [1.165, 1.54) is 11.8 Å². The number of thioether (sulfide) groups is 1. The molecule has 0 amide bonds. The molecule has 1 aliphatic carbocycles. The number of alkyl halides is 4. The standard InChI is InChI=1S/C32H28BrClF3N7O2S/c1-42-27-25(22-18-15-38-43(21-10-6-7-13-45-21)20(18)14-19(34)24(22)31(35)11-12-31)41-44(32(33,36)37)26(27)23-28(42)39-30(47-2)40-29(23)46-16-17-8-4-3-5-9-17/h3-5,8-9,14-15,21H,6-7,10-13,16H2,1-2H3. The van der Waals surface area contributed by atoms with E-state index in [0.717, 1.165) is 24.8 Å². The van der Waals surface area contributed by atoms with Gasteiger partial charge >= 0.3 is 4.96 Å². The van der Waals surface area contributed by atoms with Crippen LogP contribution in [0.25, 0.3) is 44.2 Å². The first kappa shape index (κ1) is 31.0. The van der Waals surface area contributed by atoms with Gasteiger partial charge in [-0.1, -0.05) is 53.7 Å². The predicted molar refractivity (Wildman–Crippen MR) is 178 cm³/mol. The lowest BCUT2D eigenvalue weighted by molar-refractivity contribution is -0.0366. The molecule has 0 bridgehead atoms. The van der Waals surface area contributed by atoms with E-state index in [0.29, 0.717) is 44.1 Å². The predicted octanol–water partition coefficient (Wildman–Crippen LogP) is 8.85. The molecule has 0 radical (unpaired) electrons. The molecule has 6 aromatic rings. The Kier molecular flexibility index (Phi) is 7.50. The molecule has 244 valence electrons. The average molecular weight is 747 g/mol. The minimum atomic E-state index is -3.64. The monoisotopic (exact) mass is 745 g/mol. The number of fused-ring (bicyclic) bond motifs is 4. The Morgan fingerprint density at radius 1 is 1.17 bits per heavy atom. The summed E-state index contributed by atoms with van der Waals surface area (Å²) in [6, 6.07) is 11.2. The van der Waals surface area contributed by atoms with Crippen molar-refractivity contribution in [2.24, 2.45) is 7.05 Å². The van der Waals surface area contributed by atoms with Crippen LogP contribution in [-0.4, -0.2) is 47.0 Å². The summed E-state index contributed by atoms with van der Waals surface area (Å²) in [5.74, 6) is 0.126. The molecule has 1 saturated carbocycles. The van der Waals surface area contributed by atoms with Crippen molar-refractivity contribution >= 4 is 72.3 Å². The zero-order valence-corrected chi connectivity index (χ0v) is 28.5. The molecule has 4 aromatic heterocycles. The first-order valence-corrected chi connectivity index (χ1v) is 17.6. The largest absolute Gasteiger partial charge is 0.472 e. The van der Waals surface area contributed by atoms with Crippen molar-refractivity contribution in [1.82, 2.24) is 34.1 Å². The van der Waals surface area contributed by atoms with Crippen molar-refractivity contribution < 1.29 is 22.6 Å². The second-order valence-corrected chi connectivity index (χ2v) is 14.0. The third-order valence-electron chi connectivity index (χ3n) is 8.89. The van der Waals surface area contributed by atoms with E-state index in [2.05, 4.69) is 31.1 Å². The van der Waals surface area contributed by atoms with E-state index in [1.54, 1.807) is 28.6 Å². The Morgan fingerprint density at radius 3 is 2.64 bits per heavy atom. The van der Waals surface area contributed by atoms with Crippen LogP contribution in [-0.2, 0) is 29.0 Å². The summed E-state index contributed by atoms with van der Waals surface area (Å²) in [4.78, 5) is 5.66. The van der Waals surface area contributed by atoms with Crippen LogP contribution < -0.4 is 4.74 Å². The first-order chi connectivity index (χ1) is 22.6. The number of aryl methyl sites for hydroxylation is 1. The number of hydrogen-bond acceptors (Lipinski definition) is 7. The van der Waals surface area contributed by atoms with Crippen molar-refractivity contribution in [3.63, 3.8) is 0 Å². The van der Waals surface area contributed by atoms with Gasteiger partial charge in [0, 0.05) is 51.1 Å². The summed E-state index contributed by atoms with van der Waals surface area (Å²) in [6.07, 6.45) is 6.27. The summed E-state index contributed by atoms with van der Waals surface area (Å²) < 4.78 is 63.7. The molecule has 2 aromatic carbocycles. The summed E-state index contributed by atoms with van der Waals surface area (Å²) >= 11 is 10.8. The number of rotatable bonds is 8. The number of aromatic nitrogens is 7. The zero-order valence-electron chi connectivity index (χ0n) is 25.3. The molecule has 1 atom stereocenters. The lowest BCUT2D eigenvalue weighted by atomic mass is 9.95. The zero-order chi connectivity index (χ0) is 32.7. The van der Waals surface area contributed by atoms with Gasteiger partial charge in [-0.05, 0) is 50.0 Å². The minimum Gasteiger partial charge on any atom is -0.472 e. The lowest BCUT2D eigenvalue weighted by Crippen LogP contribution is -2.19. The highest BCUT2D eigenvalue weighted by atomic mass is 79.9. The number of ether oxygens (including phenoxy) is 2. The molecule has 2 fully saturated rings. The SMILES string of the molecule is CSc1nc(OCc2ccccc2)c2c3c(c(-c4c(C5(F)CC5)c(Cl)cc5c4cnn5C4CCCCO4)nn3C(F)(F)Br)n(C)c2n1. The van der Waals surface area contributed by atoms with Crippen LogP contribution in [0.5, 0.6) is 5.88 Å². The van der Waals surface area contributed by atoms with Crippen LogP contribution in [0, 0.1) is 0 Å². The molecule has 1 saturated heterocycles. The molecule has 5 heterocycles. The van der Waals surface area contributed by atoms with Gasteiger partial charge in [0.05, 0.1) is 17.2 Å². The van der Waals surface area contributed by atoms with E-state index in [4.69, 9.17) is 26.1 Å². The van der Waals surface area contributed by atoms with Crippen molar-refractivity contribution in [1.29, 1.82) is 0 Å². The van der Waals surface area contributed by atoms with Gasteiger partial charge in [-0.2, -0.15) is 28.6 Å². The lowest BCUT2D eigenvalue weighted by Gasteiger charge is -2.24. The maximum absolute atomic E-state index is 16.3. The summed E-state index contributed by atoms with van der Waals surface area (Å²) in [7, 11) is 1.72. The fourth-order valence-electron chi connectivity index (χ4n) is 6.54. The van der Waals surface area contributed by atoms with Crippen LogP contribution in [0.4, 0.5) is 13.2 Å². The third-order valence-corrected chi connectivity index (χ3v) is 10.1. The van der Waals surface area contributed by atoms with Crippen molar-refractivity contribution in [2.45, 2.75) is 60.7 Å². The van der Waals surface area contributed by atoms with E-state index in [1.807, 2.05) is 36.6 Å². The van der Waals surface area contributed by atoms with Crippen LogP contribution in [0.15, 0.2) is 47.8 Å². The smallest absolute Gasteiger partial charge is 0.401 e. The molecule has 0 spiro atoms. The van der Waals surface area contributed by atoms with Gasteiger partial charge in [0.25, 0.3) is 0 Å². The highest BCUT2D eigenvalue weighted by Crippen LogP contribution is 2.57. The number of nitrogens with zero attached hydrogens (tertiary/aromatic N) is 7. The van der Waals surface area contributed by atoms with Gasteiger partial charge in [-0.25, -0.2) is 14.1 Å². The molecule has 9 nitrogen and oxygen atoms in total. The molecule has 2 aliphatic rings. The maximum Gasteiger partial charge on any atom is 0.401 e. The Hall–Kier alpha value is -3.33. The van der Waals surface area contributed by atoms with Crippen LogP contribution in [0.1, 0.15) is 49.5 Å². The Balaban J connectivity index is 1.44. The van der Waals surface area contributed by atoms with Gasteiger partial charge < -0.3 is 14.0 Å². The van der Waals surface area contributed by atoms with Crippen LogP contribution >= 0.6 is 39.3 Å². The summed E-state index contributed by atoms with van der Waals surface area (Å²) in [5, 5.41) is 10.5. The quantitative estimate of drug-likeness (QED) is 0.0875. The first-order valence-electron chi connectivity index (χ1n) is 15.2. The molecular weight excluding hydrogens is 719 g/mol. The van der Waals surface area contributed by atoms with Gasteiger partial charge in [0.1, 0.15) is 28.9 Å². The highest BCUT2D eigenvalue weighted by molar-refractivity contribution is 9.09. The minimum absolute atomic E-state index is 0.0286. The Labute approximate surface area is 284 Å². The summed E-state index contributed by atoms with van der Waals surface area (Å²) in [5.41, 5.74) is 1.07. The number of hydrogen-bond donors (Lipinski definition) is 0. The maximum atomic E-state index is 16.3. The number of benzene rings is 2. The van der Waals surface area contributed by atoms with Crippen LogP contribution in [0.3, 0.4) is 0 Å². The molecule has 1 unspecified atom stereocenters. The fraction of sp³-hybridized carbons (Fsp3) is 0.375. The van der Waals surface area contributed by atoms with Gasteiger partial charge in [-0.3, -0.25) is 0 Å².